The standard InChI is InChI=1S/C17H24ClN3O2/c1-4-13-11-21(7-6-20(13)3)15(10-19)12-8-14(18)17(22)16(9-12)23-5-2/h8-9,13,15,22H,4-7,11H2,1-3H3. The average molecular weight is 338 g/mol. The first kappa shape index (κ1) is 17.9. The normalized spacial score (nSPS) is 20.9. The maximum Gasteiger partial charge on any atom is 0.176 e. The lowest BCUT2D eigenvalue weighted by Crippen LogP contribution is -2.51. The van der Waals surface area contributed by atoms with E-state index in [1.807, 2.05) is 6.92 Å². The van der Waals surface area contributed by atoms with Crippen LogP contribution < -0.4 is 4.74 Å². The Bertz CT molecular complexity index is 588. The van der Waals surface area contributed by atoms with Crippen molar-refractivity contribution in [2.45, 2.75) is 32.4 Å². The number of hydrogen-bond acceptors (Lipinski definition) is 5. The number of phenolic OH excluding ortho intramolecular Hbond substituents is 1. The lowest BCUT2D eigenvalue weighted by molar-refractivity contribution is 0.0772. The number of phenols is 1. The van der Waals surface area contributed by atoms with Gasteiger partial charge in [0, 0.05) is 25.7 Å². The highest BCUT2D eigenvalue weighted by Crippen LogP contribution is 2.38. The van der Waals surface area contributed by atoms with Crippen molar-refractivity contribution in [2.75, 3.05) is 33.3 Å². The number of halogens is 1. The molecule has 2 rings (SSSR count). The average Bonchev–Trinajstić information content (AvgIpc) is 2.54. The van der Waals surface area contributed by atoms with E-state index in [9.17, 15) is 10.4 Å². The van der Waals surface area contributed by atoms with E-state index in [4.69, 9.17) is 16.3 Å². The number of nitrogens with zero attached hydrogens (tertiary/aromatic N) is 3. The maximum absolute atomic E-state index is 9.97. The van der Waals surface area contributed by atoms with Crippen LogP contribution in [-0.4, -0.2) is 54.2 Å². The summed E-state index contributed by atoms with van der Waals surface area (Å²) in [6.07, 6.45) is 1.05. The summed E-state index contributed by atoms with van der Waals surface area (Å²) in [6.45, 7) is 7.03. The van der Waals surface area contributed by atoms with Gasteiger partial charge in [0.1, 0.15) is 6.04 Å². The summed E-state index contributed by atoms with van der Waals surface area (Å²) in [7, 11) is 2.12. The van der Waals surface area contributed by atoms with Crippen molar-refractivity contribution < 1.29 is 9.84 Å². The smallest absolute Gasteiger partial charge is 0.176 e. The van der Waals surface area contributed by atoms with Crippen molar-refractivity contribution in [3.63, 3.8) is 0 Å². The zero-order valence-electron chi connectivity index (χ0n) is 13.9. The Labute approximate surface area is 143 Å². The molecule has 23 heavy (non-hydrogen) atoms. The van der Waals surface area contributed by atoms with Crippen LogP contribution >= 0.6 is 11.6 Å². The van der Waals surface area contributed by atoms with Crippen LogP contribution in [0, 0.1) is 11.3 Å². The number of rotatable bonds is 5. The van der Waals surface area contributed by atoms with Crippen LogP contribution in [-0.2, 0) is 0 Å². The highest BCUT2D eigenvalue weighted by Gasteiger charge is 2.29. The SMILES string of the molecule is CCOc1cc(C(C#N)N2CCN(C)C(CC)C2)cc(Cl)c1O. The van der Waals surface area contributed by atoms with Crippen LogP contribution in [0.2, 0.25) is 5.02 Å². The molecule has 0 amide bonds. The second kappa shape index (κ2) is 7.87. The van der Waals surface area contributed by atoms with E-state index in [1.165, 1.54) is 0 Å². The number of piperazine rings is 1. The van der Waals surface area contributed by atoms with Crippen LogP contribution in [0.4, 0.5) is 0 Å². The molecule has 0 bridgehead atoms. The zero-order valence-corrected chi connectivity index (χ0v) is 14.7. The molecule has 0 radical (unpaired) electrons. The molecule has 0 aliphatic carbocycles. The van der Waals surface area contributed by atoms with Gasteiger partial charge < -0.3 is 14.7 Å². The number of ether oxygens (including phenoxy) is 1. The summed E-state index contributed by atoms with van der Waals surface area (Å²) >= 11 is 6.11. The van der Waals surface area contributed by atoms with Crippen molar-refractivity contribution in [3.05, 3.63) is 22.7 Å². The van der Waals surface area contributed by atoms with Crippen molar-refractivity contribution in [1.82, 2.24) is 9.80 Å². The molecule has 0 spiro atoms. The number of hydrogen-bond donors (Lipinski definition) is 1. The second-order valence-corrected chi connectivity index (χ2v) is 6.26. The molecule has 6 heteroatoms. The monoisotopic (exact) mass is 337 g/mol. The van der Waals surface area contributed by atoms with E-state index in [2.05, 4.69) is 29.8 Å². The Morgan fingerprint density at radius 1 is 1.43 bits per heavy atom. The Morgan fingerprint density at radius 3 is 2.78 bits per heavy atom. The fourth-order valence-corrected chi connectivity index (χ4v) is 3.25. The lowest BCUT2D eigenvalue weighted by Gasteiger charge is -2.41. The molecule has 1 N–H and O–H groups in total. The number of nitriles is 1. The quantitative estimate of drug-likeness (QED) is 0.895. The van der Waals surface area contributed by atoms with E-state index in [1.54, 1.807) is 12.1 Å². The van der Waals surface area contributed by atoms with Crippen LogP contribution in [0.1, 0.15) is 31.9 Å². The van der Waals surface area contributed by atoms with Gasteiger partial charge in [-0.2, -0.15) is 5.26 Å². The second-order valence-electron chi connectivity index (χ2n) is 5.85. The largest absolute Gasteiger partial charge is 0.503 e. The molecule has 1 aliphatic rings. The lowest BCUT2D eigenvalue weighted by atomic mass is 10.0. The molecule has 126 valence electrons. The fourth-order valence-electron chi connectivity index (χ4n) is 3.03. The van der Waals surface area contributed by atoms with Gasteiger partial charge in [-0.3, -0.25) is 4.90 Å². The van der Waals surface area contributed by atoms with Gasteiger partial charge >= 0.3 is 0 Å². The topological polar surface area (TPSA) is 59.7 Å². The Hall–Kier alpha value is -1.48. The van der Waals surface area contributed by atoms with Crippen LogP contribution in [0.3, 0.4) is 0 Å². The fraction of sp³-hybridized carbons (Fsp3) is 0.588. The molecule has 0 aromatic heterocycles. The minimum absolute atomic E-state index is 0.0706. The minimum atomic E-state index is -0.393. The van der Waals surface area contributed by atoms with Crippen molar-refractivity contribution in [1.29, 1.82) is 5.26 Å². The summed E-state index contributed by atoms with van der Waals surface area (Å²) < 4.78 is 5.43. The molecular formula is C17H24ClN3O2. The number of likely N-dealkylation sites (N-methyl/N-ethyl adjacent to an activating group) is 1. The molecule has 0 saturated carbocycles. The van der Waals surface area contributed by atoms with Crippen molar-refractivity contribution in [2.24, 2.45) is 0 Å². The van der Waals surface area contributed by atoms with Gasteiger partial charge in [-0.25, -0.2) is 0 Å². The third-order valence-corrected chi connectivity index (χ3v) is 4.72. The van der Waals surface area contributed by atoms with Crippen LogP contribution in [0.5, 0.6) is 11.5 Å². The van der Waals surface area contributed by atoms with Gasteiger partial charge in [-0.05, 0) is 38.1 Å². The maximum atomic E-state index is 9.97. The van der Waals surface area contributed by atoms with Crippen LogP contribution in [0.15, 0.2) is 12.1 Å². The predicted octanol–water partition coefficient (Wildman–Crippen LogP) is 3.03. The summed E-state index contributed by atoms with van der Waals surface area (Å²) in [5.74, 6) is 0.259. The zero-order chi connectivity index (χ0) is 17.0. The predicted molar refractivity (Wildman–Crippen MR) is 90.9 cm³/mol. The third kappa shape index (κ3) is 3.89. The van der Waals surface area contributed by atoms with E-state index in [0.717, 1.165) is 31.6 Å². The Morgan fingerprint density at radius 2 is 2.17 bits per heavy atom. The van der Waals surface area contributed by atoms with Gasteiger partial charge in [0.15, 0.2) is 11.5 Å². The molecule has 2 unspecified atom stereocenters. The first-order chi connectivity index (χ1) is 11.0. The van der Waals surface area contributed by atoms with E-state index < -0.39 is 6.04 Å². The summed E-state index contributed by atoms with van der Waals surface area (Å²) in [4.78, 5) is 4.51. The van der Waals surface area contributed by atoms with Crippen LogP contribution in [0.25, 0.3) is 0 Å². The Kier molecular flexibility index (Phi) is 6.11. The summed E-state index contributed by atoms with van der Waals surface area (Å²) in [5.41, 5.74) is 0.762. The molecule has 1 aromatic carbocycles. The van der Waals surface area contributed by atoms with E-state index >= 15 is 0 Å². The van der Waals surface area contributed by atoms with Crippen molar-refractivity contribution in [3.8, 4) is 17.6 Å². The number of aromatic hydroxyl groups is 1. The molecule has 2 atom stereocenters. The van der Waals surface area contributed by atoms with Gasteiger partial charge in [-0.15, -0.1) is 0 Å². The van der Waals surface area contributed by atoms with Gasteiger partial charge in [-0.1, -0.05) is 18.5 Å². The van der Waals surface area contributed by atoms with E-state index in [-0.39, 0.29) is 10.8 Å². The highest BCUT2D eigenvalue weighted by molar-refractivity contribution is 6.32. The molecule has 5 nitrogen and oxygen atoms in total. The molecule has 1 aromatic rings. The number of benzene rings is 1. The van der Waals surface area contributed by atoms with Crippen molar-refractivity contribution >= 4 is 11.6 Å². The molecule has 1 heterocycles. The molecule has 1 aliphatic heterocycles. The molecular weight excluding hydrogens is 314 g/mol. The van der Waals surface area contributed by atoms with Gasteiger partial charge in [0.2, 0.25) is 0 Å². The third-order valence-electron chi connectivity index (χ3n) is 4.43. The summed E-state index contributed by atoms with van der Waals surface area (Å²) in [6, 6.07) is 5.80. The molecule has 1 saturated heterocycles. The van der Waals surface area contributed by atoms with Gasteiger partial charge in [0.05, 0.1) is 17.7 Å². The van der Waals surface area contributed by atoms with E-state index in [0.29, 0.717) is 18.4 Å². The highest BCUT2D eigenvalue weighted by atomic mass is 35.5. The molecule has 1 fully saturated rings. The first-order valence-corrected chi connectivity index (χ1v) is 8.38. The summed E-state index contributed by atoms with van der Waals surface area (Å²) in [5, 5.41) is 19.9. The van der Waals surface area contributed by atoms with Gasteiger partial charge in [0.25, 0.3) is 0 Å². The Balaban J connectivity index is 2.29. The first-order valence-electron chi connectivity index (χ1n) is 8.00. The minimum Gasteiger partial charge on any atom is -0.503 e.